The molecule has 14 heavy (non-hydrogen) atoms. The van der Waals surface area contributed by atoms with E-state index in [9.17, 15) is 0 Å². The number of hydrogen-bond donors (Lipinski definition) is 0. The predicted octanol–water partition coefficient (Wildman–Crippen LogP) is 2.84. The molecule has 0 aliphatic rings. The Balaban J connectivity index is 2.68. The average molecular weight is 187 g/mol. The van der Waals surface area contributed by atoms with Crippen molar-refractivity contribution < 1.29 is 4.74 Å². The zero-order chi connectivity index (χ0) is 10.2. The van der Waals surface area contributed by atoms with Crippen LogP contribution in [0.4, 0.5) is 0 Å². The summed E-state index contributed by atoms with van der Waals surface area (Å²) in [7, 11) is 0. The molecule has 1 aromatic carbocycles. The van der Waals surface area contributed by atoms with Gasteiger partial charge in [-0.2, -0.15) is 5.26 Å². The van der Waals surface area contributed by atoms with Gasteiger partial charge in [-0.25, -0.2) is 0 Å². The molecule has 1 atom stereocenters. The Morgan fingerprint density at radius 2 is 2.14 bits per heavy atom. The number of nitriles is 1. The first-order chi connectivity index (χ1) is 6.88. The summed E-state index contributed by atoms with van der Waals surface area (Å²) in [6.07, 6.45) is 1.92. The van der Waals surface area contributed by atoms with Gasteiger partial charge in [-0.05, 0) is 5.56 Å². The molecule has 0 aliphatic carbocycles. The molecule has 0 saturated heterocycles. The minimum Gasteiger partial charge on any atom is -0.368 e. The van der Waals surface area contributed by atoms with Gasteiger partial charge >= 0.3 is 0 Å². The van der Waals surface area contributed by atoms with Gasteiger partial charge in [0.05, 0.1) is 25.2 Å². The zero-order valence-corrected chi connectivity index (χ0v) is 8.02. The molecular formula is C12H13NO. The van der Waals surface area contributed by atoms with Crippen LogP contribution in [0.5, 0.6) is 0 Å². The summed E-state index contributed by atoms with van der Waals surface area (Å²) in [5, 5.41) is 8.64. The first-order valence-electron chi connectivity index (χ1n) is 4.53. The quantitative estimate of drug-likeness (QED) is 0.664. The maximum atomic E-state index is 8.64. The minimum absolute atomic E-state index is 0.140. The molecule has 0 bridgehead atoms. The van der Waals surface area contributed by atoms with E-state index >= 15 is 0 Å². The van der Waals surface area contributed by atoms with Crippen molar-refractivity contribution in [2.24, 2.45) is 0 Å². The van der Waals surface area contributed by atoms with Gasteiger partial charge in [0, 0.05) is 0 Å². The van der Waals surface area contributed by atoms with Crippen LogP contribution in [0, 0.1) is 11.3 Å². The molecule has 0 aromatic heterocycles. The van der Waals surface area contributed by atoms with E-state index in [1.54, 1.807) is 6.08 Å². The van der Waals surface area contributed by atoms with Gasteiger partial charge in [0.25, 0.3) is 0 Å². The highest BCUT2D eigenvalue weighted by Crippen LogP contribution is 2.20. The lowest BCUT2D eigenvalue weighted by Crippen LogP contribution is -2.03. The summed E-state index contributed by atoms with van der Waals surface area (Å²) in [5.41, 5.74) is 1.04. The normalized spacial score (nSPS) is 11.6. The van der Waals surface area contributed by atoms with Crippen molar-refractivity contribution in [1.29, 1.82) is 5.26 Å². The molecule has 2 nitrogen and oxygen atoms in total. The van der Waals surface area contributed by atoms with E-state index in [2.05, 4.69) is 12.6 Å². The lowest BCUT2D eigenvalue weighted by atomic mass is 10.1. The number of nitrogens with zero attached hydrogens (tertiary/aromatic N) is 1. The van der Waals surface area contributed by atoms with Crippen LogP contribution in [0.1, 0.15) is 18.1 Å². The van der Waals surface area contributed by atoms with Gasteiger partial charge in [-0.1, -0.05) is 36.4 Å². The summed E-state index contributed by atoms with van der Waals surface area (Å²) < 4.78 is 5.48. The summed E-state index contributed by atoms with van der Waals surface area (Å²) >= 11 is 0. The molecule has 1 rings (SSSR count). The van der Waals surface area contributed by atoms with Gasteiger partial charge in [-0.3, -0.25) is 0 Å². The van der Waals surface area contributed by atoms with E-state index < -0.39 is 0 Å². The van der Waals surface area contributed by atoms with E-state index in [4.69, 9.17) is 10.00 Å². The molecule has 0 fully saturated rings. The van der Waals surface area contributed by atoms with Crippen LogP contribution in [0.2, 0.25) is 0 Å². The van der Waals surface area contributed by atoms with Crippen molar-refractivity contribution in [3.63, 3.8) is 0 Å². The number of benzene rings is 1. The highest BCUT2D eigenvalue weighted by molar-refractivity contribution is 5.18. The van der Waals surface area contributed by atoms with E-state index in [0.717, 1.165) is 5.56 Å². The van der Waals surface area contributed by atoms with Gasteiger partial charge in [-0.15, -0.1) is 6.58 Å². The van der Waals surface area contributed by atoms with Crippen LogP contribution in [0.3, 0.4) is 0 Å². The lowest BCUT2D eigenvalue weighted by Gasteiger charge is -2.13. The largest absolute Gasteiger partial charge is 0.368 e. The van der Waals surface area contributed by atoms with Crippen molar-refractivity contribution in [1.82, 2.24) is 0 Å². The third kappa shape index (κ3) is 3.04. The van der Waals surface area contributed by atoms with E-state index in [1.807, 2.05) is 30.3 Å². The topological polar surface area (TPSA) is 33.0 Å². The SMILES string of the molecule is C=CCOC(CC#N)c1ccccc1. The fourth-order valence-corrected chi connectivity index (χ4v) is 1.21. The molecule has 0 saturated carbocycles. The Morgan fingerprint density at radius 3 is 2.71 bits per heavy atom. The van der Waals surface area contributed by atoms with E-state index in [1.165, 1.54) is 0 Å². The first-order valence-corrected chi connectivity index (χ1v) is 4.53. The zero-order valence-electron chi connectivity index (χ0n) is 8.02. The Hall–Kier alpha value is -1.59. The number of hydrogen-bond acceptors (Lipinski definition) is 2. The number of ether oxygens (including phenoxy) is 1. The van der Waals surface area contributed by atoms with Crippen LogP contribution < -0.4 is 0 Å². The monoisotopic (exact) mass is 187 g/mol. The highest BCUT2D eigenvalue weighted by atomic mass is 16.5. The summed E-state index contributed by atoms with van der Waals surface area (Å²) in [5.74, 6) is 0. The Bertz CT molecular complexity index is 313. The second kappa shape index (κ2) is 5.95. The number of rotatable bonds is 5. The van der Waals surface area contributed by atoms with Crippen molar-refractivity contribution in [3.8, 4) is 6.07 Å². The Kier molecular flexibility index (Phi) is 4.46. The van der Waals surface area contributed by atoms with E-state index in [0.29, 0.717) is 13.0 Å². The van der Waals surface area contributed by atoms with Crippen molar-refractivity contribution in [3.05, 3.63) is 48.6 Å². The van der Waals surface area contributed by atoms with Crippen LogP contribution in [0.15, 0.2) is 43.0 Å². The molecule has 1 unspecified atom stereocenters. The average Bonchev–Trinajstić information content (AvgIpc) is 2.25. The molecule has 2 heteroatoms. The highest BCUT2D eigenvalue weighted by Gasteiger charge is 2.09. The minimum atomic E-state index is -0.140. The molecular weight excluding hydrogens is 174 g/mol. The molecule has 72 valence electrons. The van der Waals surface area contributed by atoms with Gasteiger partial charge in [0.1, 0.15) is 0 Å². The second-order valence-electron chi connectivity index (χ2n) is 2.88. The van der Waals surface area contributed by atoms with Crippen LogP contribution in [0.25, 0.3) is 0 Å². The molecule has 0 amide bonds. The van der Waals surface area contributed by atoms with Gasteiger partial charge in [0.15, 0.2) is 0 Å². The smallest absolute Gasteiger partial charge is 0.0959 e. The fraction of sp³-hybridized carbons (Fsp3) is 0.250. The summed E-state index contributed by atoms with van der Waals surface area (Å²) in [6.45, 7) is 4.05. The molecule has 0 heterocycles. The lowest BCUT2D eigenvalue weighted by molar-refractivity contribution is 0.0778. The van der Waals surface area contributed by atoms with Crippen molar-refractivity contribution in [2.75, 3.05) is 6.61 Å². The molecule has 0 spiro atoms. The van der Waals surface area contributed by atoms with Crippen LogP contribution >= 0.6 is 0 Å². The first kappa shape index (κ1) is 10.5. The maximum Gasteiger partial charge on any atom is 0.0959 e. The third-order valence-electron chi connectivity index (χ3n) is 1.86. The second-order valence-corrected chi connectivity index (χ2v) is 2.88. The molecule has 0 N–H and O–H groups in total. The van der Waals surface area contributed by atoms with E-state index in [-0.39, 0.29) is 6.10 Å². The fourth-order valence-electron chi connectivity index (χ4n) is 1.21. The Labute approximate surface area is 84.4 Å². The predicted molar refractivity (Wildman–Crippen MR) is 55.6 cm³/mol. The van der Waals surface area contributed by atoms with Gasteiger partial charge < -0.3 is 4.74 Å². The maximum absolute atomic E-state index is 8.64. The standard InChI is InChI=1S/C12H13NO/c1-2-10-14-12(8-9-13)11-6-4-3-5-7-11/h2-7,12H,1,8,10H2. The molecule has 1 aromatic rings. The van der Waals surface area contributed by atoms with Crippen molar-refractivity contribution in [2.45, 2.75) is 12.5 Å². The Morgan fingerprint density at radius 1 is 1.43 bits per heavy atom. The molecule has 0 radical (unpaired) electrons. The summed E-state index contributed by atoms with van der Waals surface area (Å²) in [6, 6.07) is 11.9. The van der Waals surface area contributed by atoms with Crippen LogP contribution in [-0.2, 0) is 4.74 Å². The van der Waals surface area contributed by atoms with Crippen molar-refractivity contribution >= 4 is 0 Å². The summed E-state index contributed by atoms with van der Waals surface area (Å²) in [4.78, 5) is 0. The molecule has 0 aliphatic heterocycles. The third-order valence-corrected chi connectivity index (χ3v) is 1.86. The van der Waals surface area contributed by atoms with Crippen LogP contribution in [-0.4, -0.2) is 6.61 Å². The van der Waals surface area contributed by atoms with Gasteiger partial charge in [0.2, 0.25) is 0 Å².